The van der Waals surface area contributed by atoms with Crippen molar-refractivity contribution < 1.29 is 13.2 Å². The molecule has 0 saturated carbocycles. The van der Waals surface area contributed by atoms with Gasteiger partial charge in [0.25, 0.3) is 0 Å². The van der Waals surface area contributed by atoms with Crippen LogP contribution in [-0.2, 0) is 21.4 Å². The van der Waals surface area contributed by atoms with E-state index in [1.165, 1.54) is 39.9 Å². The summed E-state index contributed by atoms with van der Waals surface area (Å²) < 4.78 is 29.1. The largest absolute Gasteiger partial charge is 0.281 e. The number of halogens is 1. The zero-order valence-electron chi connectivity index (χ0n) is 18.0. The highest BCUT2D eigenvalue weighted by Gasteiger charge is 2.42. The van der Waals surface area contributed by atoms with E-state index < -0.39 is 16.1 Å². The van der Waals surface area contributed by atoms with Crippen LogP contribution in [0.25, 0.3) is 10.2 Å². The van der Waals surface area contributed by atoms with E-state index in [-0.39, 0.29) is 23.9 Å². The first-order valence-corrected chi connectivity index (χ1v) is 13.4. The third kappa shape index (κ3) is 4.44. The van der Waals surface area contributed by atoms with Crippen LogP contribution >= 0.6 is 22.9 Å². The molecule has 1 saturated heterocycles. The van der Waals surface area contributed by atoms with Gasteiger partial charge in [-0.25, -0.2) is 13.4 Å². The van der Waals surface area contributed by atoms with Gasteiger partial charge >= 0.3 is 0 Å². The molecule has 10 heteroatoms. The fourth-order valence-electron chi connectivity index (χ4n) is 4.07. The fourth-order valence-corrected chi connectivity index (χ4v) is 6.81. The minimum absolute atomic E-state index is 0.118. The molecule has 1 aliphatic heterocycles. The number of benzene rings is 2. The minimum atomic E-state index is -3.87. The molecule has 3 heterocycles. The molecule has 1 atom stereocenters. The van der Waals surface area contributed by atoms with Gasteiger partial charge in [0.1, 0.15) is 6.04 Å². The van der Waals surface area contributed by atoms with E-state index in [0.29, 0.717) is 28.7 Å². The fraction of sp³-hybridized carbons (Fsp3) is 0.208. The monoisotopic (exact) mass is 512 g/mol. The summed E-state index contributed by atoms with van der Waals surface area (Å²) in [5.41, 5.74) is 1.48. The number of sulfonamides is 1. The van der Waals surface area contributed by atoms with Gasteiger partial charge in [-0.15, -0.1) is 0 Å². The highest BCUT2D eigenvalue weighted by molar-refractivity contribution is 7.89. The minimum Gasteiger partial charge on any atom is -0.281 e. The van der Waals surface area contributed by atoms with Crippen LogP contribution in [0.2, 0.25) is 5.02 Å². The second-order valence-electron chi connectivity index (χ2n) is 7.94. The predicted octanol–water partition coefficient (Wildman–Crippen LogP) is 4.73. The zero-order valence-corrected chi connectivity index (χ0v) is 20.4. The number of hydrogen-bond acceptors (Lipinski definition) is 6. The van der Waals surface area contributed by atoms with E-state index in [1.54, 1.807) is 11.1 Å². The normalized spacial score (nSPS) is 16.7. The molecule has 7 nitrogen and oxygen atoms in total. The summed E-state index contributed by atoms with van der Waals surface area (Å²) in [5.74, 6) is -0.306. The van der Waals surface area contributed by atoms with Crippen molar-refractivity contribution >= 4 is 54.2 Å². The summed E-state index contributed by atoms with van der Waals surface area (Å²) in [6.07, 6.45) is 2.71. The Morgan fingerprint density at radius 2 is 1.85 bits per heavy atom. The Morgan fingerprint density at radius 1 is 1.09 bits per heavy atom. The van der Waals surface area contributed by atoms with Gasteiger partial charge in [-0.05, 0) is 61.4 Å². The number of rotatable bonds is 6. The van der Waals surface area contributed by atoms with Crippen molar-refractivity contribution in [3.63, 3.8) is 0 Å². The highest BCUT2D eigenvalue weighted by Crippen LogP contribution is 2.33. The van der Waals surface area contributed by atoms with E-state index in [9.17, 15) is 13.2 Å². The van der Waals surface area contributed by atoms with Crippen molar-refractivity contribution in [1.82, 2.24) is 14.3 Å². The van der Waals surface area contributed by atoms with Crippen LogP contribution in [0, 0.1) is 0 Å². The van der Waals surface area contributed by atoms with Gasteiger partial charge in [-0.2, -0.15) is 4.31 Å². The molecular formula is C24H21ClN4O3S2. The third-order valence-electron chi connectivity index (χ3n) is 5.73. The maximum Gasteiger partial charge on any atom is 0.247 e. The summed E-state index contributed by atoms with van der Waals surface area (Å²) in [5, 5.41) is 0.970. The van der Waals surface area contributed by atoms with Gasteiger partial charge in [-0.1, -0.05) is 41.1 Å². The Morgan fingerprint density at radius 3 is 2.59 bits per heavy atom. The number of para-hydroxylation sites is 1. The molecule has 0 spiro atoms. The Bertz CT molecular complexity index is 1390. The molecular weight excluding hydrogens is 492 g/mol. The van der Waals surface area contributed by atoms with E-state index >= 15 is 0 Å². The first-order chi connectivity index (χ1) is 16.4. The Balaban J connectivity index is 1.51. The van der Waals surface area contributed by atoms with Crippen molar-refractivity contribution in [2.45, 2.75) is 30.3 Å². The third-order valence-corrected chi connectivity index (χ3v) is 8.97. The molecule has 1 unspecified atom stereocenters. The van der Waals surface area contributed by atoms with E-state index in [4.69, 9.17) is 11.6 Å². The summed E-state index contributed by atoms with van der Waals surface area (Å²) in [6, 6.07) is 18.4. The van der Waals surface area contributed by atoms with Gasteiger partial charge in [0.15, 0.2) is 5.13 Å². The SMILES string of the molecule is O=C(C1CCCN1S(=O)(=O)c1ccc(Cl)cc1)N(Cc1ccccn1)c1nc2ccccc2s1. The average molecular weight is 513 g/mol. The number of thiazole rings is 1. The standard InChI is InChI=1S/C24H21ClN4O3S2/c25-17-10-12-19(13-11-17)34(31,32)29-15-5-8-21(29)23(30)28(16-18-6-3-4-14-26-18)24-27-20-7-1-2-9-22(20)33-24/h1-4,6-7,9-14,21H,5,8,15-16H2. The van der Waals surface area contributed by atoms with E-state index in [1.807, 2.05) is 42.5 Å². The average Bonchev–Trinajstić information content (AvgIpc) is 3.51. The molecule has 1 amide bonds. The number of nitrogens with zero attached hydrogens (tertiary/aromatic N) is 4. The smallest absolute Gasteiger partial charge is 0.247 e. The second-order valence-corrected chi connectivity index (χ2v) is 11.3. The molecule has 2 aromatic heterocycles. The predicted molar refractivity (Wildman–Crippen MR) is 133 cm³/mol. The topological polar surface area (TPSA) is 83.5 Å². The lowest BCUT2D eigenvalue weighted by molar-refractivity contribution is -0.121. The van der Waals surface area contributed by atoms with Crippen molar-refractivity contribution in [2.75, 3.05) is 11.4 Å². The van der Waals surface area contributed by atoms with Crippen LogP contribution in [0.15, 0.2) is 77.8 Å². The molecule has 34 heavy (non-hydrogen) atoms. The molecule has 0 aliphatic carbocycles. The number of fused-ring (bicyclic) bond motifs is 1. The molecule has 1 fully saturated rings. The molecule has 174 valence electrons. The molecule has 0 bridgehead atoms. The molecule has 2 aromatic carbocycles. The Hall–Kier alpha value is -2.85. The molecule has 4 aromatic rings. The van der Waals surface area contributed by atoms with Crippen molar-refractivity contribution in [2.24, 2.45) is 0 Å². The number of pyridine rings is 1. The summed E-state index contributed by atoms with van der Waals surface area (Å²) in [7, 11) is -3.87. The molecule has 1 aliphatic rings. The van der Waals surface area contributed by atoms with Crippen LogP contribution in [0.3, 0.4) is 0 Å². The van der Waals surface area contributed by atoms with Gasteiger partial charge in [0.05, 0.1) is 27.4 Å². The lowest BCUT2D eigenvalue weighted by Gasteiger charge is -2.28. The lowest BCUT2D eigenvalue weighted by atomic mass is 10.2. The zero-order chi connectivity index (χ0) is 23.7. The van der Waals surface area contributed by atoms with Crippen LogP contribution in [-0.4, -0.2) is 41.2 Å². The first-order valence-electron chi connectivity index (χ1n) is 10.8. The quantitative estimate of drug-likeness (QED) is 0.373. The van der Waals surface area contributed by atoms with Crippen molar-refractivity contribution in [1.29, 1.82) is 0 Å². The Labute approximate surface area is 206 Å². The number of amides is 1. The molecule has 0 N–H and O–H groups in total. The summed E-state index contributed by atoms with van der Waals surface area (Å²) in [6.45, 7) is 0.476. The van der Waals surface area contributed by atoms with Crippen LogP contribution in [0.4, 0.5) is 5.13 Å². The number of carbonyl (C=O) groups excluding carboxylic acids is 1. The van der Waals surface area contributed by atoms with Crippen LogP contribution < -0.4 is 4.90 Å². The van der Waals surface area contributed by atoms with Gasteiger partial charge < -0.3 is 0 Å². The van der Waals surface area contributed by atoms with E-state index in [2.05, 4.69) is 9.97 Å². The summed E-state index contributed by atoms with van der Waals surface area (Å²) >= 11 is 7.34. The number of anilines is 1. The second kappa shape index (κ2) is 9.42. The number of aromatic nitrogens is 2. The summed E-state index contributed by atoms with van der Waals surface area (Å²) in [4.78, 5) is 24.6. The van der Waals surface area contributed by atoms with Crippen molar-refractivity contribution in [3.05, 3.63) is 83.6 Å². The van der Waals surface area contributed by atoms with Gasteiger partial charge in [0, 0.05) is 17.8 Å². The van der Waals surface area contributed by atoms with E-state index in [0.717, 1.165) is 10.2 Å². The number of carbonyl (C=O) groups is 1. The molecule has 0 radical (unpaired) electrons. The van der Waals surface area contributed by atoms with Gasteiger partial charge in [0.2, 0.25) is 15.9 Å². The molecule has 5 rings (SSSR count). The number of hydrogen-bond donors (Lipinski definition) is 0. The lowest BCUT2D eigenvalue weighted by Crippen LogP contribution is -2.47. The maximum absolute atomic E-state index is 13.9. The van der Waals surface area contributed by atoms with Crippen LogP contribution in [0.1, 0.15) is 18.5 Å². The highest BCUT2D eigenvalue weighted by atomic mass is 35.5. The Kier molecular flexibility index (Phi) is 6.35. The first kappa shape index (κ1) is 22.9. The van der Waals surface area contributed by atoms with Crippen LogP contribution in [0.5, 0.6) is 0 Å². The van der Waals surface area contributed by atoms with Gasteiger partial charge in [-0.3, -0.25) is 14.7 Å². The van der Waals surface area contributed by atoms with Crippen molar-refractivity contribution in [3.8, 4) is 0 Å². The maximum atomic E-state index is 13.9.